The molecular weight excluding hydrogens is 398 g/mol. The smallest absolute Gasteiger partial charge is 0.348 e. The maximum absolute atomic E-state index is 12.5. The summed E-state index contributed by atoms with van der Waals surface area (Å²) in [6, 6.07) is 9.56. The first-order valence-corrected chi connectivity index (χ1v) is 9.37. The molecule has 0 aliphatic heterocycles. The van der Waals surface area contributed by atoms with Crippen LogP contribution in [0.4, 0.5) is 5.69 Å². The van der Waals surface area contributed by atoms with Crippen LogP contribution in [0, 0.1) is 10.1 Å². The van der Waals surface area contributed by atoms with E-state index in [0.29, 0.717) is 15.8 Å². The van der Waals surface area contributed by atoms with Gasteiger partial charge in [-0.3, -0.25) is 10.1 Å². The number of esters is 2. The number of nitro groups is 1. The number of carbonyl (C=O) groups excluding carboxylic acids is 2. The Bertz CT molecular complexity index is 1100. The van der Waals surface area contributed by atoms with E-state index in [2.05, 4.69) is 0 Å². The largest absolute Gasteiger partial charge is 0.496 e. The van der Waals surface area contributed by atoms with Gasteiger partial charge in [0.05, 0.1) is 36.7 Å². The van der Waals surface area contributed by atoms with Gasteiger partial charge in [0, 0.05) is 16.8 Å². The van der Waals surface area contributed by atoms with Crippen molar-refractivity contribution in [2.45, 2.75) is 6.92 Å². The molecule has 0 aliphatic rings. The highest BCUT2D eigenvalue weighted by Crippen LogP contribution is 2.41. The van der Waals surface area contributed by atoms with Crippen LogP contribution in [0.25, 0.3) is 21.2 Å². The van der Waals surface area contributed by atoms with Crippen LogP contribution in [-0.2, 0) is 9.47 Å². The molecule has 0 fully saturated rings. The molecule has 3 aromatic rings. The molecule has 0 atom stereocenters. The van der Waals surface area contributed by atoms with Crippen LogP contribution < -0.4 is 4.74 Å². The zero-order chi connectivity index (χ0) is 21.1. The van der Waals surface area contributed by atoms with Crippen molar-refractivity contribution in [2.75, 3.05) is 20.8 Å². The fourth-order valence-electron chi connectivity index (χ4n) is 2.93. The Morgan fingerprint density at radius 3 is 2.31 bits per heavy atom. The van der Waals surface area contributed by atoms with E-state index in [4.69, 9.17) is 14.2 Å². The highest BCUT2D eigenvalue weighted by atomic mass is 32.1. The van der Waals surface area contributed by atoms with Crippen LogP contribution in [-0.4, -0.2) is 37.7 Å². The first-order chi connectivity index (χ1) is 13.9. The third-order valence-electron chi connectivity index (χ3n) is 4.24. The summed E-state index contributed by atoms with van der Waals surface area (Å²) in [6.07, 6.45) is 0. The fraction of sp³-hybridized carbons (Fsp3) is 0.200. The first-order valence-electron chi connectivity index (χ1n) is 8.56. The van der Waals surface area contributed by atoms with E-state index in [0.717, 1.165) is 22.5 Å². The molecule has 2 aromatic carbocycles. The van der Waals surface area contributed by atoms with Crippen molar-refractivity contribution in [3.8, 4) is 16.9 Å². The van der Waals surface area contributed by atoms with Gasteiger partial charge in [0.2, 0.25) is 0 Å². The Morgan fingerprint density at radius 2 is 1.76 bits per heavy atom. The van der Waals surface area contributed by atoms with Gasteiger partial charge in [0.25, 0.3) is 5.69 Å². The molecule has 0 saturated heterocycles. The van der Waals surface area contributed by atoms with E-state index in [9.17, 15) is 19.7 Å². The maximum atomic E-state index is 12.5. The minimum absolute atomic E-state index is 0.0181. The number of hydrogen-bond acceptors (Lipinski definition) is 8. The van der Waals surface area contributed by atoms with Gasteiger partial charge < -0.3 is 14.2 Å². The molecule has 29 heavy (non-hydrogen) atoms. The first kappa shape index (κ1) is 20.3. The van der Waals surface area contributed by atoms with Crippen LogP contribution in [0.5, 0.6) is 5.75 Å². The van der Waals surface area contributed by atoms with Gasteiger partial charge in [-0.1, -0.05) is 0 Å². The summed E-state index contributed by atoms with van der Waals surface area (Å²) in [5, 5.41) is 11.3. The van der Waals surface area contributed by atoms with Crippen molar-refractivity contribution in [3.05, 3.63) is 57.0 Å². The van der Waals surface area contributed by atoms with Gasteiger partial charge in [0.15, 0.2) is 0 Å². The second-order valence-electron chi connectivity index (χ2n) is 5.87. The molecule has 3 rings (SSSR count). The molecule has 8 nitrogen and oxygen atoms in total. The predicted molar refractivity (Wildman–Crippen MR) is 108 cm³/mol. The SMILES string of the molecule is CCOC(=O)c1c(C(=O)OC)sc2cc(-c3ccc([N+](=O)[O-])cc3)cc(OC)c12. The molecule has 0 amide bonds. The van der Waals surface area contributed by atoms with Gasteiger partial charge >= 0.3 is 11.9 Å². The Balaban J connectivity index is 2.23. The second-order valence-corrected chi connectivity index (χ2v) is 6.93. The Labute approximate surface area is 169 Å². The lowest BCUT2D eigenvalue weighted by molar-refractivity contribution is -0.384. The number of nitro benzene ring substituents is 1. The van der Waals surface area contributed by atoms with E-state index >= 15 is 0 Å². The van der Waals surface area contributed by atoms with Gasteiger partial charge in [-0.2, -0.15) is 0 Å². The summed E-state index contributed by atoms with van der Waals surface area (Å²) < 4.78 is 16.0. The molecule has 0 unspecified atom stereocenters. The molecule has 0 saturated carbocycles. The average Bonchev–Trinajstić information content (AvgIpc) is 3.12. The molecular formula is C20H17NO7S. The number of nitrogens with zero attached hydrogens (tertiary/aromatic N) is 1. The van der Waals surface area contributed by atoms with Crippen LogP contribution in [0.15, 0.2) is 36.4 Å². The summed E-state index contributed by atoms with van der Waals surface area (Å²) in [5.41, 5.74) is 1.53. The molecule has 0 aliphatic carbocycles. The third kappa shape index (κ3) is 3.77. The van der Waals surface area contributed by atoms with E-state index < -0.39 is 16.9 Å². The number of thiophene rings is 1. The lowest BCUT2D eigenvalue weighted by Gasteiger charge is -2.09. The summed E-state index contributed by atoms with van der Waals surface area (Å²) in [4.78, 5) is 35.3. The van der Waals surface area contributed by atoms with Gasteiger partial charge in [0.1, 0.15) is 10.6 Å². The Kier molecular flexibility index (Phi) is 5.79. The fourth-order valence-corrected chi connectivity index (χ4v) is 4.09. The van der Waals surface area contributed by atoms with E-state index in [1.807, 2.05) is 0 Å². The van der Waals surface area contributed by atoms with Crippen molar-refractivity contribution in [1.82, 2.24) is 0 Å². The average molecular weight is 415 g/mol. The minimum atomic E-state index is -0.645. The number of carbonyl (C=O) groups is 2. The van der Waals surface area contributed by atoms with E-state index in [1.165, 1.54) is 26.4 Å². The van der Waals surface area contributed by atoms with Crippen molar-refractivity contribution in [3.63, 3.8) is 0 Å². The lowest BCUT2D eigenvalue weighted by Crippen LogP contribution is -2.10. The summed E-state index contributed by atoms with van der Waals surface area (Å²) in [5.74, 6) is -0.904. The maximum Gasteiger partial charge on any atom is 0.348 e. The van der Waals surface area contributed by atoms with E-state index in [-0.39, 0.29) is 22.7 Å². The Morgan fingerprint density at radius 1 is 1.07 bits per heavy atom. The predicted octanol–water partition coefficient (Wildman–Crippen LogP) is 4.45. The Hall–Kier alpha value is -3.46. The number of fused-ring (bicyclic) bond motifs is 1. The molecule has 0 N–H and O–H groups in total. The zero-order valence-electron chi connectivity index (χ0n) is 15.9. The number of ether oxygens (including phenoxy) is 3. The number of benzene rings is 2. The van der Waals surface area contributed by atoms with Crippen molar-refractivity contribution < 1.29 is 28.7 Å². The molecule has 0 spiro atoms. The van der Waals surface area contributed by atoms with Crippen molar-refractivity contribution in [2.24, 2.45) is 0 Å². The van der Waals surface area contributed by atoms with Crippen molar-refractivity contribution >= 4 is 39.0 Å². The monoisotopic (exact) mass is 415 g/mol. The summed E-state index contributed by atoms with van der Waals surface area (Å²) >= 11 is 1.09. The standard InChI is InChI=1S/C20H17NO7S/c1-4-28-19(22)17-16-14(26-2)9-12(10-15(16)29-18(17)20(23)27-3)11-5-7-13(8-6-11)21(24)25/h5-10H,4H2,1-3H3. The molecule has 150 valence electrons. The molecule has 0 radical (unpaired) electrons. The third-order valence-corrected chi connectivity index (χ3v) is 5.35. The minimum Gasteiger partial charge on any atom is -0.496 e. The molecule has 0 bridgehead atoms. The highest BCUT2D eigenvalue weighted by Gasteiger charge is 2.28. The quantitative estimate of drug-likeness (QED) is 0.333. The number of methoxy groups -OCH3 is 2. The summed E-state index contributed by atoms with van der Waals surface area (Å²) in [7, 11) is 2.69. The van der Waals surface area contributed by atoms with Gasteiger partial charge in [-0.15, -0.1) is 11.3 Å². The van der Waals surface area contributed by atoms with Crippen LogP contribution in [0.3, 0.4) is 0 Å². The van der Waals surface area contributed by atoms with Crippen LogP contribution in [0.1, 0.15) is 27.0 Å². The number of rotatable bonds is 6. The molecule has 1 heterocycles. The topological polar surface area (TPSA) is 105 Å². The zero-order valence-corrected chi connectivity index (χ0v) is 16.7. The summed E-state index contributed by atoms with van der Waals surface area (Å²) in [6.45, 7) is 1.83. The molecule has 9 heteroatoms. The van der Waals surface area contributed by atoms with Crippen LogP contribution in [0.2, 0.25) is 0 Å². The van der Waals surface area contributed by atoms with Crippen LogP contribution >= 0.6 is 11.3 Å². The number of hydrogen-bond donors (Lipinski definition) is 0. The van der Waals surface area contributed by atoms with Gasteiger partial charge in [-0.05, 0) is 42.3 Å². The second kappa shape index (κ2) is 8.27. The lowest BCUT2D eigenvalue weighted by atomic mass is 10.0. The molecule has 1 aromatic heterocycles. The highest BCUT2D eigenvalue weighted by molar-refractivity contribution is 7.21. The van der Waals surface area contributed by atoms with Gasteiger partial charge in [-0.25, -0.2) is 9.59 Å². The normalized spacial score (nSPS) is 10.6. The van der Waals surface area contributed by atoms with Crippen molar-refractivity contribution in [1.29, 1.82) is 0 Å². The van der Waals surface area contributed by atoms with E-state index in [1.54, 1.807) is 31.2 Å². The number of non-ortho nitro benzene ring substituents is 1.